The number of rotatable bonds is 3. The quantitative estimate of drug-likeness (QED) is 0.904. The summed E-state index contributed by atoms with van der Waals surface area (Å²) < 4.78 is 0. The van der Waals surface area contributed by atoms with Gasteiger partial charge in [0, 0.05) is 48.3 Å². The number of nitrogens with zero attached hydrogens (tertiary/aromatic N) is 1. The molecule has 0 atom stereocenters. The lowest BCUT2D eigenvalue weighted by Gasteiger charge is -2.41. The SMILES string of the molecule is CC(C)(C)N1CCC(NCc2cccc3[nH]ccc23)CC1. The van der Waals surface area contributed by atoms with E-state index in [-0.39, 0.29) is 0 Å². The van der Waals surface area contributed by atoms with Crippen LogP contribution in [0.4, 0.5) is 0 Å². The lowest BCUT2D eigenvalue weighted by molar-refractivity contribution is 0.0960. The second kappa shape index (κ2) is 5.82. The van der Waals surface area contributed by atoms with Crippen molar-refractivity contribution >= 4 is 10.9 Å². The summed E-state index contributed by atoms with van der Waals surface area (Å²) >= 11 is 0. The molecule has 0 aliphatic carbocycles. The number of H-pyrrole nitrogens is 1. The molecule has 1 aromatic heterocycles. The van der Waals surface area contributed by atoms with Crippen LogP contribution in [0.25, 0.3) is 10.9 Å². The zero-order chi connectivity index (χ0) is 14.9. The van der Waals surface area contributed by atoms with Crippen LogP contribution < -0.4 is 5.32 Å². The van der Waals surface area contributed by atoms with E-state index in [1.807, 2.05) is 6.20 Å². The first-order valence-electron chi connectivity index (χ1n) is 8.07. The highest BCUT2D eigenvalue weighted by Gasteiger charge is 2.26. The fourth-order valence-corrected chi connectivity index (χ4v) is 3.31. The third-order valence-corrected chi connectivity index (χ3v) is 4.71. The van der Waals surface area contributed by atoms with Gasteiger partial charge in [-0.2, -0.15) is 0 Å². The Bertz CT molecular complexity index is 586. The smallest absolute Gasteiger partial charge is 0.0457 e. The van der Waals surface area contributed by atoms with Gasteiger partial charge in [-0.1, -0.05) is 12.1 Å². The Morgan fingerprint density at radius 1 is 1.19 bits per heavy atom. The van der Waals surface area contributed by atoms with Gasteiger partial charge in [-0.05, 0) is 51.3 Å². The number of fused-ring (bicyclic) bond motifs is 1. The molecule has 0 radical (unpaired) electrons. The van der Waals surface area contributed by atoms with Crippen LogP contribution in [-0.4, -0.2) is 34.6 Å². The topological polar surface area (TPSA) is 31.1 Å². The molecular formula is C18H27N3. The van der Waals surface area contributed by atoms with Crippen LogP contribution in [0.2, 0.25) is 0 Å². The molecule has 21 heavy (non-hydrogen) atoms. The predicted molar refractivity (Wildman–Crippen MR) is 89.5 cm³/mol. The van der Waals surface area contributed by atoms with Gasteiger partial charge < -0.3 is 10.3 Å². The van der Waals surface area contributed by atoms with Crippen LogP contribution >= 0.6 is 0 Å². The van der Waals surface area contributed by atoms with Crippen molar-refractivity contribution in [1.29, 1.82) is 0 Å². The van der Waals surface area contributed by atoms with Crippen molar-refractivity contribution in [2.24, 2.45) is 0 Å². The van der Waals surface area contributed by atoms with Crippen LogP contribution in [-0.2, 0) is 6.54 Å². The molecule has 114 valence electrons. The molecule has 2 aromatic rings. The minimum Gasteiger partial charge on any atom is -0.361 e. The van der Waals surface area contributed by atoms with E-state index >= 15 is 0 Å². The van der Waals surface area contributed by atoms with Crippen LogP contribution in [0.3, 0.4) is 0 Å². The Morgan fingerprint density at radius 3 is 2.67 bits per heavy atom. The Kier molecular flexibility index (Phi) is 4.05. The van der Waals surface area contributed by atoms with E-state index in [1.54, 1.807) is 0 Å². The predicted octanol–water partition coefficient (Wildman–Crippen LogP) is 3.52. The van der Waals surface area contributed by atoms with E-state index in [9.17, 15) is 0 Å². The fraction of sp³-hybridized carbons (Fsp3) is 0.556. The van der Waals surface area contributed by atoms with Gasteiger partial charge in [0.05, 0.1) is 0 Å². The number of hydrogen-bond donors (Lipinski definition) is 2. The monoisotopic (exact) mass is 285 g/mol. The summed E-state index contributed by atoms with van der Waals surface area (Å²) in [5, 5.41) is 5.10. The maximum atomic E-state index is 3.75. The molecule has 1 saturated heterocycles. The van der Waals surface area contributed by atoms with Crippen molar-refractivity contribution in [2.45, 2.75) is 51.7 Å². The van der Waals surface area contributed by atoms with Crippen LogP contribution in [0.1, 0.15) is 39.2 Å². The Balaban J connectivity index is 1.56. The number of piperidine rings is 1. The molecule has 2 heterocycles. The first-order valence-corrected chi connectivity index (χ1v) is 8.07. The van der Waals surface area contributed by atoms with Gasteiger partial charge in [-0.3, -0.25) is 4.90 Å². The molecule has 2 N–H and O–H groups in total. The van der Waals surface area contributed by atoms with Gasteiger partial charge in [-0.15, -0.1) is 0 Å². The van der Waals surface area contributed by atoms with E-state index in [4.69, 9.17) is 0 Å². The van der Waals surface area contributed by atoms with E-state index in [0.717, 1.165) is 6.54 Å². The Hall–Kier alpha value is -1.32. The number of aromatic amines is 1. The third kappa shape index (κ3) is 3.30. The Labute approximate surface area is 127 Å². The highest BCUT2D eigenvalue weighted by Crippen LogP contribution is 2.21. The molecule has 1 aromatic carbocycles. The highest BCUT2D eigenvalue weighted by atomic mass is 15.2. The molecule has 0 unspecified atom stereocenters. The van der Waals surface area contributed by atoms with Crippen LogP contribution in [0.5, 0.6) is 0 Å². The minimum absolute atomic E-state index is 0.307. The van der Waals surface area contributed by atoms with Gasteiger partial charge in [0.2, 0.25) is 0 Å². The largest absolute Gasteiger partial charge is 0.361 e. The van der Waals surface area contributed by atoms with E-state index in [1.165, 1.54) is 42.4 Å². The lowest BCUT2D eigenvalue weighted by atomic mass is 9.98. The molecule has 3 rings (SSSR count). The average molecular weight is 285 g/mol. The van der Waals surface area contributed by atoms with Gasteiger partial charge in [0.25, 0.3) is 0 Å². The Morgan fingerprint density at radius 2 is 1.95 bits per heavy atom. The van der Waals surface area contributed by atoms with Crippen molar-refractivity contribution < 1.29 is 0 Å². The van der Waals surface area contributed by atoms with Crippen molar-refractivity contribution in [2.75, 3.05) is 13.1 Å². The van der Waals surface area contributed by atoms with E-state index < -0.39 is 0 Å². The molecule has 0 amide bonds. The average Bonchev–Trinajstić information content (AvgIpc) is 2.93. The summed E-state index contributed by atoms with van der Waals surface area (Å²) in [5.74, 6) is 0. The molecule has 0 bridgehead atoms. The normalized spacial score (nSPS) is 18.4. The standard InChI is InChI=1S/C18H27N3/c1-18(2,3)21-11-8-15(9-12-21)20-13-14-5-4-6-17-16(14)7-10-19-17/h4-7,10,15,19-20H,8-9,11-13H2,1-3H3. The van der Waals surface area contributed by atoms with Crippen molar-refractivity contribution in [3.05, 3.63) is 36.0 Å². The number of likely N-dealkylation sites (tertiary alicyclic amines) is 1. The van der Waals surface area contributed by atoms with Gasteiger partial charge >= 0.3 is 0 Å². The molecule has 3 nitrogen and oxygen atoms in total. The summed E-state index contributed by atoms with van der Waals surface area (Å²) in [6, 6.07) is 9.33. The highest BCUT2D eigenvalue weighted by molar-refractivity contribution is 5.82. The third-order valence-electron chi connectivity index (χ3n) is 4.71. The molecule has 3 heteroatoms. The van der Waals surface area contributed by atoms with Crippen molar-refractivity contribution in [3.8, 4) is 0 Å². The molecular weight excluding hydrogens is 258 g/mol. The van der Waals surface area contributed by atoms with Gasteiger partial charge in [0.1, 0.15) is 0 Å². The zero-order valence-electron chi connectivity index (χ0n) is 13.4. The molecule has 1 fully saturated rings. The van der Waals surface area contributed by atoms with Gasteiger partial charge in [-0.25, -0.2) is 0 Å². The van der Waals surface area contributed by atoms with E-state index in [0.29, 0.717) is 11.6 Å². The number of nitrogens with one attached hydrogen (secondary N) is 2. The maximum Gasteiger partial charge on any atom is 0.0457 e. The van der Waals surface area contributed by atoms with Crippen LogP contribution in [0, 0.1) is 0 Å². The first kappa shape index (κ1) is 14.6. The van der Waals surface area contributed by atoms with Crippen molar-refractivity contribution in [1.82, 2.24) is 15.2 Å². The molecule has 1 aliphatic heterocycles. The molecule has 1 aliphatic rings. The first-order chi connectivity index (χ1) is 10.0. The zero-order valence-corrected chi connectivity index (χ0v) is 13.4. The number of benzene rings is 1. The second-order valence-electron chi connectivity index (χ2n) is 7.17. The van der Waals surface area contributed by atoms with E-state index in [2.05, 4.69) is 60.2 Å². The molecule has 0 spiro atoms. The molecule has 0 saturated carbocycles. The summed E-state index contributed by atoms with van der Waals surface area (Å²) in [7, 11) is 0. The summed E-state index contributed by atoms with van der Waals surface area (Å²) in [6.07, 6.45) is 4.52. The second-order valence-corrected chi connectivity index (χ2v) is 7.17. The number of hydrogen-bond acceptors (Lipinski definition) is 2. The number of aromatic nitrogens is 1. The lowest BCUT2D eigenvalue weighted by Crippen LogP contribution is -2.49. The minimum atomic E-state index is 0.307. The fourth-order valence-electron chi connectivity index (χ4n) is 3.31. The maximum absolute atomic E-state index is 3.75. The van der Waals surface area contributed by atoms with Gasteiger partial charge in [0.15, 0.2) is 0 Å². The summed E-state index contributed by atoms with van der Waals surface area (Å²) in [5.41, 5.74) is 2.94. The summed E-state index contributed by atoms with van der Waals surface area (Å²) in [6.45, 7) is 10.3. The van der Waals surface area contributed by atoms with Crippen LogP contribution in [0.15, 0.2) is 30.5 Å². The summed E-state index contributed by atoms with van der Waals surface area (Å²) in [4.78, 5) is 5.88. The van der Waals surface area contributed by atoms with Crippen molar-refractivity contribution in [3.63, 3.8) is 0 Å².